The van der Waals surface area contributed by atoms with Gasteiger partial charge in [0.15, 0.2) is 0 Å². The number of nitrogens with one attached hydrogen (secondary N) is 2. The molecule has 0 saturated carbocycles. The van der Waals surface area contributed by atoms with Crippen molar-refractivity contribution in [2.45, 2.75) is 6.54 Å². The number of hydrogen-bond donors (Lipinski definition) is 2. The number of anilines is 1. The molecule has 0 fully saturated rings. The smallest absolute Gasteiger partial charge is 0.258 e. The van der Waals surface area contributed by atoms with E-state index in [2.05, 4.69) is 37.9 Å². The van der Waals surface area contributed by atoms with Gasteiger partial charge in [0, 0.05) is 9.26 Å². The monoisotopic (exact) mass is 377 g/mol. The zero-order valence-corrected chi connectivity index (χ0v) is 12.7. The van der Waals surface area contributed by atoms with Gasteiger partial charge in [-0.05, 0) is 52.9 Å². The van der Waals surface area contributed by atoms with Gasteiger partial charge in [-0.2, -0.15) is 0 Å². The Bertz CT molecular complexity index is 813. The molecule has 0 amide bonds. The summed E-state index contributed by atoms with van der Waals surface area (Å²) < 4.78 is 1.16. The van der Waals surface area contributed by atoms with Crippen molar-refractivity contribution in [1.82, 2.24) is 9.97 Å². The Hall–Kier alpha value is -1.89. The molecule has 0 saturated heterocycles. The maximum Gasteiger partial charge on any atom is 0.258 e. The van der Waals surface area contributed by atoms with Gasteiger partial charge in [0.1, 0.15) is 5.82 Å². The minimum absolute atomic E-state index is 0.102. The second kappa shape index (κ2) is 5.62. The lowest BCUT2D eigenvalue weighted by Crippen LogP contribution is -2.14. The summed E-state index contributed by atoms with van der Waals surface area (Å²) in [7, 11) is 0. The van der Waals surface area contributed by atoms with Crippen LogP contribution in [0.25, 0.3) is 10.9 Å². The number of aromatic nitrogens is 2. The number of benzene rings is 2. The molecule has 0 bridgehead atoms. The fourth-order valence-corrected chi connectivity index (χ4v) is 2.55. The van der Waals surface area contributed by atoms with Crippen molar-refractivity contribution in [3.63, 3.8) is 0 Å². The lowest BCUT2D eigenvalue weighted by atomic mass is 10.2. The van der Waals surface area contributed by atoms with Crippen molar-refractivity contribution >= 4 is 39.2 Å². The first kappa shape index (κ1) is 13.1. The van der Waals surface area contributed by atoms with Crippen molar-refractivity contribution < 1.29 is 0 Å². The molecule has 0 aliphatic carbocycles. The van der Waals surface area contributed by atoms with Gasteiger partial charge in [-0.15, -0.1) is 0 Å². The zero-order valence-electron chi connectivity index (χ0n) is 10.6. The van der Waals surface area contributed by atoms with E-state index in [1.807, 2.05) is 42.5 Å². The molecule has 100 valence electrons. The highest BCUT2D eigenvalue weighted by atomic mass is 127. The molecule has 2 aromatic carbocycles. The summed E-state index contributed by atoms with van der Waals surface area (Å²) >= 11 is 2.26. The Morgan fingerprint density at radius 2 is 2.00 bits per heavy atom. The molecule has 0 radical (unpaired) electrons. The molecule has 1 heterocycles. The van der Waals surface area contributed by atoms with Gasteiger partial charge < -0.3 is 10.3 Å². The number of para-hydroxylation sites is 1. The zero-order chi connectivity index (χ0) is 13.9. The molecule has 0 spiro atoms. The van der Waals surface area contributed by atoms with Crippen LogP contribution in [0.4, 0.5) is 5.69 Å². The molecule has 2 N–H and O–H groups in total. The molecule has 1 aromatic heterocycles. The maximum absolute atomic E-state index is 11.9. The molecule has 20 heavy (non-hydrogen) atoms. The summed E-state index contributed by atoms with van der Waals surface area (Å²) in [5.74, 6) is 0.632. The number of H-pyrrole nitrogens is 1. The predicted molar refractivity (Wildman–Crippen MR) is 88.8 cm³/mol. The number of fused-ring (bicyclic) bond motifs is 1. The van der Waals surface area contributed by atoms with Crippen LogP contribution < -0.4 is 10.9 Å². The summed E-state index contributed by atoms with van der Waals surface area (Å²) in [4.78, 5) is 19.2. The molecule has 0 atom stereocenters. The van der Waals surface area contributed by atoms with Gasteiger partial charge in [0.05, 0.1) is 17.4 Å². The number of aromatic amines is 1. The van der Waals surface area contributed by atoms with E-state index in [4.69, 9.17) is 0 Å². The number of hydrogen-bond acceptors (Lipinski definition) is 3. The highest BCUT2D eigenvalue weighted by molar-refractivity contribution is 14.1. The summed E-state index contributed by atoms with van der Waals surface area (Å²) in [6.07, 6.45) is 0. The van der Waals surface area contributed by atoms with Crippen LogP contribution >= 0.6 is 22.6 Å². The van der Waals surface area contributed by atoms with Crippen molar-refractivity contribution in [2.75, 3.05) is 5.32 Å². The highest BCUT2D eigenvalue weighted by Crippen LogP contribution is 2.13. The third kappa shape index (κ3) is 2.82. The Kier molecular flexibility index (Phi) is 3.68. The van der Waals surface area contributed by atoms with Crippen LogP contribution in [0.15, 0.2) is 53.3 Å². The van der Waals surface area contributed by atoms with E-state index in [0.717, 1.165) is 14.8 Å². The second-order valence-corrected chi connectivity index (χ2v) is 5.64. The number of rotatable bonds is 3. The molecule has 0 aliphatic heterocycles. The van der Waals surface area contributed by atoms with Crippen molar-refractivity contribution in [1.29, 1.82) is 0 Å². The molecule has 5 heteroatoms. The minimum atomic E-state index is -0.102. The van der Waals surface area contributed by atoms with Crippen LogP contribution in [-0.4, -0.2) is 9.97 Å². The van der Waals surface area contributed by atoms with Crippen LogP contribution in [0.3, 0.4) is 0 Å². The van der Waals surface area contributed by atoms with E-state index in [-0.39, 0.29) is 5.56 Å². The molecule has 3 rings (SSSR count). The van der Waals surface area contributed by atoms with E-state index in [1.165, 1.54) is 0 Å². The van der Waals surface area contributed by atoms with Crippen molar-refractivity contribution in [3.05, 3.63) is 68.3 Å². The second-order valence-electron chi connectivity index (χ2n) is 4.39. The Balaban J connectivity index is 1.86. The fraction of sp³-hybridized carbons (Fsp3) is 0.0667. The number of halogens is 1. The molecule has 0 unspecified atom stereocenters. The van der Waals surface area contributed by atoms with Gasteiger partial charge in [-0.1, -0.05) is 18.2 Å². The van der Waals surface area contributed by atoms with Gasteiger partial charge in [-0.25, -0.2) is 4.98 Å². The van der Waals surface area contributed by atoms with E-state index in [0.29, 0.717) is 17.8 Å². The standard InChI is InChI=1S/C15H12IN3O/c16-10-4-3-5-11(8-10)17-9-14-18-13-7-2-1-6-12(13)15(20)19-14/h1-8,17H,9H2,(H,18,19,20). The van der Waals surface area contributed by atoms with E-state index < -0.39 is 0 Å². The first-order valence-electron chi connectivity index (χ1n) is 6.20. The lowest BCUT2D eigenvalue weighted by molar-refractivity contribution is 0.953. The Labute approximate surface area is 129 Å². The van der Waals surface area contributed by atoms with Crippen LogP contribution in [0.1, 0.15) is 5.82 Å². The summed E-state index contributed by atoms with van der Waals surface area (Å²) in [5.41, 5.74) is 1.62. The van der Waals surface area contributed by atoms with Gasteiger partial charge in [0.25, 0.3) is 5.56 Å². The number of nitrogens with zero attached hydrogens (tertiary/aromatic N) is 1. The summed E-state index contributed by atoms with van der Waals surface area (Å²) in [6.45, 7) is 0.486. The highest BCUT2D eigenvalue weighted by Gasteiger charge is 2.03. The van der Waals surface area contributed by atoms with Gasteiger partial charge in [0.2, 0.25) is 0 Å². The van der Waals surface area contributed by atoms with Gasteiger partial charge in [-0.3, -0.25) is 4.79 Å². The van der Waals surface area contributed by atoms with E-state index in [1.54, 1.807) is 6.07 Å². The van der Waals surface area contributed by atoms with Crippen LogP contribution in [0.2, 0.25) is 0 Å². The molecule has 3 aromatic rings. The van der Waals surface area contributed by atoms with Crippen molar-refractivity contribution in [3.8, 4) is 0 Å². The molecule has 0 aliphatic rings. The Morgan fingerprint density at radius 1 is 1.15 bits per heavy atom. The molecular weight excluding hydrogens is 365 g/mol. The largest absolute Gasteiger partial charge is 0.378 e. The first-order chi connectivity index (χ1) is 9.72. The quantitative estimate of drug-likeness (QED) is 0.690. The van der Waals surface area contributed by atoms with E-state index in [9.17, 15) is 4.79 Å². The average molecular weight is 377 g/mol. The molecule has 4 nitrogen and oxygen atoms in total. The Morgan fingerprint density at radius 3 is 2.85 bits per heavy atom. The van der Waals surface area contributed by atoms with Crippen LogP contribution in [-0.2, 0) is 6.54 Å². The summed E-state index contributed by atoms with van der Waals surface area (Å²) in [6, 6.07) is 15.4. The predicted octanol–water partition coefficient (Wildman–Crippen LogP) is 3.14. The first-order valence-corrected chi connectivity index (χ1v) is 7.27. The van der Waals surface area contributed by atoms with E-state index >= 15 is 0 Å². The average Bonchev–Trinajstić information content (AvgIpc) is 2.45. The third-order valence-corrected chi connectivity index (χ3v) is 3.62. The lowest BCUT2D eigenvalue weighted by Gasteiger charge is -2.07. The molecular formula is C15H12IN3O. The van der Waals surface area contributed by atoms with Crippen LogP contribution in [0, 0.1) is 3.57 Å². The third-order valence-electron chi connectivity index (χ3n) is 2.95. The fourth-order valence-electron chi connectivity index (χ4n) is 2.00. The SMILES string of the molecule is O=c1[nH]c(CNc2cccc(I)c2)nc2ccccc12. The van der Waals surface area contributed by atoms with Crippen LogP contribution in [0.5, 0.6) is 0 Å². The topological polar surface area (TPSA) is 57.8 Å². The summed E-state index contributed by atoms with van der Waals surface area (Å²) in [5, 5.41) is 3.87. The van der Waals surface area contributed by atoms with Crippen molar-refractivity contribution in [2.24, 2.45) is 0 Å². The normalized spacial score (nSPS) is 10.7. The minimum Gasteiger partial charge on any atom is -0.378 e. The maximum atomic E-state index is 11.9. The van der Waals surface area contributed by atoms with Gasteiger partial charge >= 0.3 is 0 Å².